The first-order chi connectivity index (χ1) is 11.2. The second-order valence-electron chi connectivity index (χ2n) is 5.85. The van der Waals surface area contributed by atoms with Crippen molar-refractivity contribution in [2.24, 2.45) is 0 Å². The molecule has 5 heteroatoms. The fraction of sp³-hybridized carbons (Fsp3) is 0.444. The molecule has 1 saturated heterocycles. The van der Waals surface area contributed by atoms with Crippen molar-refractivity contribution in [3.8, 4) is 10.6 Å². The van der Waals surface area contributed by atoms with Gasteiger partial charge >= 0.3 is 5.97 Å². The molecule has 0 bridgehead atoms. The van der Waals surface area contributed by atoms with Gasteiger partial charge in [0.15, 0.2) is 0 Å². The molecule has 0 saturated carbocycles. The van der Waals surface area contributed by atoms with Crippen LogP contribution < -0.4 is 0 Å². The molecule has 23 heavy (non-hydrogen) atoms. The summed E-state index contributed by atoms with van der Waals surface area (Å²) < 4.78 is 4.90. The fourth-order valence-corrected chi connectivity index (χ4v) is 3.84. The van der Waals surface area contributed by atoms with Gasteiger partial charge in [0.2, 0.25) is 0 Å². The molecule has 1 aromatic heterocycles. The van der Waals surface area contributed by atoms with Gasteiger partial charge in [-0.2, -0.15) is 0 Å². The lowest BCUT2D eigenvalue weighted by Gasteiger charge is -2.21. The number of carbonyl (C=O) groups is 1. The van der Waals surface area contributed by atoms with Crippen LogP contribution in [0.5, 0.6) is 0 Å². The van der Waals surface area contributed by atoms with E-state index in [9.17, 15) is 4.79 Å². The van der Waals surface area contributed by atoms with E-state index in [-0.39, 0.29) is 12.0 Å². The van der Waals surface area contributed by atoms with Crippen molar-refractivity contribution in [3.05, 3.63) is 40.9 Å². The summed E-state index contributed by atoms with van der Waals surface area (Å²) in [6, 6.07) is 8.46. The number of methoxy groups -OCH3 is 1. The molecule has 1 fully saturated rings. The smallest absolute Gasteiger partial charge is 0.323 e. The van der Waals surface area contributed by atoms with Gasteiger partial charge in [0.25, 0.3) is 0 Å². The second-order valence-corrected chi connectivity index (χ2v) is 6.70. The highest BCUT2D eigenvalue weighted by atomic mass is 32.1. The van der Waals surface area contributed by atoms with Crippen molar-refractivity contribution in [3.63, 3.8) is 0 Å². The lowest BCUT2D eigenvalue weighted by molar-refractivity contribution is -0.146. The number of ether oxygens (including phenoxy) is 1. The van der Waals surface area contributed by atoms with Crippen LogP contribution in [0.3, 0.4) is 0 Å². The third-order valence-electron chi connectivity index (χ3n) is 4.36. The van der Waals surface area contributed by atoms with Gasteiger partial charge in [-0.1, -0.05) is 31.2 Å². The highest BCUT2D eigenvalue weighted by molar-refractivity contribution is 7.13. The van der Waals surface area contributed by atoms with Crippen LogP contribution in [-0.4, -0.2) is 35.5 Å². The number of benzene rings is 1. The van der Waals surface area contributed by atoms with E-state index in [4.69, 9.17) is 9.72 Å². The van der Waals surface area contributed by atoms with E-state index in [1.54, 1.807) is 11.3 Å². The lowest BCUT2D eigenvalue weighted by atomic mass is 10.1. The van der Waals surface area contributed by atoms with Crippen LogP contribution in [0.2, 0.25) is 0 Å². The third-order valence-corrected chi connectivity index (χ3v) is 5.30. The highest BCUT2D eigenvalue weighted by Crippen LogP contribution is 2.27. The maximum atomic E-state index is 11.8. The van der Waals surface area contributed by atoms with Gasteiger partial charge in [0, 0.05) is 17.5 Å². The molecule has 0 amide bonds. The average molecular weight is 330 g/mol. The molecule has 3 rings (SSSR count). The predicted molar refractivity (Wildman–Crippen MR) is 92.4 cm³/mol. The normalized spacial score (nSPS) is 18.3. The topological polar surface area (TPSA) is 42.4 Å². The number of esters is 1. The van der Waals surface area contributed by atoms with Crippen molar-refractivity contribution < 1.29 is 9.53 Å². The van der Waals surface area contributed by atoms with Crippen molar-refractivity contribution in [1.82, 2.24) is 9.88 Å². The lowest BCUT2D eigenvalue weighted by Crippen LogP contribution is -2.36. The Bertz CT molecular complexity index is 666. The van der Waals surface area contributed by atoms with Crippen molar-refractivity contribution >= 4 is 17.3 Å². The molecule has 1 aromatic carbocycles. The average Bonchev–Trinajstić information content (AvgIpc) is 3.24. The van der Waals surface area contributed by atoms with Gasteiger partial charge in [-0.25, -0.2) is 4.98 Å². The first-order valence-electron chi connectivity index (χ1n) is 8.07. The molecule has 4 nitrogen and oxygen atoms in total. The Morgan fingerprint density at radius 1 is 1.39 bits per heavy atom. The Balaban J connectivity index is 1.70. The maximum Gasteiger partial charge on any atom is 0.323 e. The maximum absolute atomic E-state index is 11.8. The predicted octanol–water partition coefficient (Wildman–Crippen LogP) is 3.51. The molecule has 1 unspecified atom stereocenters. The van der Waals surface area contributed by atoms with Gasteiger partial charge in [-0.3, -0.25) is 9.69 Å². The third kappa shape index (κ3) is 3.62. The molecular weight excluding hydrogens is 308 g/mol. The molecule has 1 atom stereocenters. The summed E-state index contributed by atoms with van der Waals surface area (Å²) in [5, 5.41) is 3.13. The van der Waals surface area contributed by atoms with Crippen LogP contribution in [0.1, 0.15) is 31.0 Å². The van der Waals surface area contributed by atoms with Crippen LogP contribution in [0, 0.1) is 0 Å². The Hall–Kier alpha value is -1.72. The molecule has 0 N–H and O–H groups in total. The van der Waals surface area contributed by atoms with Gasteiger partial charge in [0.1, 0.15) is 11.0 Å². The van der Waals surface area contributed by atoms with Crippen molar-refractivity contribution in [2.75, 3.05) is 13.7 Å². The Morgan fingerprint density at radius 2 is 2.17 bits per heavy atom. The number of likely N-dealkylation sites (tertiary alicyclic amines) is 1. The van der Waals surface area contributed by atoms with Gasteiger partial charge in [-0.05, 0) is 31.4 Å². The van der Waals surface area contributed by atoms with Crippen LogP contribution in [0.4, 0.5) is 0 Å². The van der Waals surface area contributed by atoms with Crippen LogP contribution in [0.15, 0.2) is 29.6 Å². The largest absolute Gasteiger partial charge is 0.468 e. The zero-order valence-corrected chi connectivity index (χ0v) is 14.4. The minimum atomic E-state index is -0.131. The zero-order valence-electron chi connectivity index (χ0n) is 13.6. The quantitative estimate of drug-likeness (QED) is 0.787. The van der Waals surface area contributed by atoms with E-state index in [1.807, 2.05) is 0 Å². The molecule has 2 heterocycles. The monoisotopic (exact) mass is 330 g/mol. The number of carbonyl (C=O) groups excluding carboxylic acids is 1. The number of hydrogen-bond donors (Lipinski definition) is 0. The van der Waals surface area contributed by atoms with Crippen LogP contribution >= 0.6 is 11.3 Å². The second kappa shape index (κ2) is 7.23. The van der Waals surface area contributed by atoms with E-state index in [0.717, 1.165) is 42.1 Å². The molecule has 2 aromatic rings. The first-order valence-corrected chi connectivity index (χ1v) is 8.95. The first kappa shape index (κ1) is 16.1. The summed E-state index contributed by atoms with van der Waals surface area (Å²) in [4.78, 5) is 18.7. The fourth-order valence-electron chi connectivity index (χ4n) is 3.02. The van der Waals surface area contributed by atoms with E-state index < -0.39 is 0 Å². The van der Waals surface area contributed by atoms with Gasteiger partial charge in [-0.15, -0.1) is 11.3 Å². The SMILES string of the molecule is CCc1ccc(-c2nc(CN3CCCC3C(=O)OC)cs2)cc1. The molecular formula is C18H22N2O2S. The van der Waals surface area contributed by atoms with E-state index in [0.29, 0.717) is 6.54 Å². The summed E-state index contributed by atoms with van der Waals surface area (Å²) in [6.07, 6.45) is 2.96. The molecule has 1 aliphatic heterocycles. The van der Waals surface area contributed by atoms with E-state index in [2.05, 4.69) is 41.5 Å². The number of aromatic nitrogens is 1. The highest BCUT2D eigenvalue weighted by Gasteiger charge is 2.31. The van der Waals surface area contributed by atoms with Gasteiger partial charge in [0.05, 0.1) is 12.8 Å². The number of nitrogens with zero attached hydrogens (tertiary/aromatic N) is 2. The van der Waals surface area contributed by atoms with E-state index in [1.165, 1.54) is 12.7 Å². The molecule has 0 aliphatic carbocycles. The molecule has 0 spiro atoms. The summed E-state index contributed by atoms with van der Waals surface area (Å²) in [7, 11) is 1.46. The van der Waals surface area contributed by atoms with Crippen LogP contribution in [-0.2, 0) is 22.5 Å². The summed E-state index contributed by atoms with van der Waals surface area (Å²) >= 11 is 1.66. The Labute approximate surface area is 141 Å². The minimum Gasteiger partial charge on any atom is -0.468 e. The number of rotatable bonds is 5. The number of hydrogen-bond acceptors (Lipinski definition) is 5. The van der Waals surface area contributed by atoms with Crippen molar-refractivity contribution in [2.45, 2.75) is 38.8 Å². The van der Waals surface area contributed by atoms with Crippen LogP contribution in [0.25, 0.3) is 10.6 Å². The standard InChI is InChI=1S/C18H22N2O2S/c1-3-13-6-8-14(9-7-13)17-19-15(12-23-17)11-20-10-4-5-16(20)18(21)22-2/h6-9,12,16H,3-5,10-11H2,1-2H3. The molecule has 122 valence electrons. The summed E-state index contributed by atoms with van der Waals surface area (Å²) in [6.45, 7) is 3.80. The molecule has 0 radical (unpaired) electrons. The zero-order chi connectivity index (χ0) is 16.2. The number of thiazole rings is 1. The summed E-state index contributed by atoms with van der Waals surface area (Å²) in [5.41, 5.74) is 3.52. The van der Waals surface area contributed by atoms with Crippen molar-refractivity contribution in [1.29, 1.82) is 0 Å². The molecule has 1 aliphatic rings. The van der Waals surface area contributed by atoms with E-state index >= 15 is 0 Å². The minimum absolute atomic E-state index is 0.117. The summed E-state index contributed by atoms with van der Waals surface area (Å²) in [5.74, 6) is -0.131. The Kier molecular flexibility index (Phi) is 5.08. The van der Waals surface area contributed by atoms with Gasteiger partial charge < -0.3 is 4.74 Å². The number of aryl methyl sites for hydroxylation is 1. The Morgan fingerprint density at radius 3 is 2.87 bits per heavy atom.